The van der Waals surface area contributed by atoms with Crippen molar-refractivity contribution in [2.75, 3.05) is 0 Å². The van der Waals surface area contributed by atoms with E-state index in [0.717, 1.165) is 11.3 Å². The van der Waals surface area contributed by atoms with Gasteiger partial charge in [-0.25, -0.2) is 0 Å². The van der Waals surface area contributed by atoms with E-state index >= 15 is 0 Å². The third-order valence-electron chi connectivity index (χ3n) is 1.62. The van der Waals surface area contributed by atoms with E-state index in [0.29, 0.717) is 6.54 Å². The zero-order valence-corrected chi connectivity index (χ0v) is 9.97. The van der Waals surface area contributed by atoms with Crippen LogP contribution in [0, 0.1) is 0 Å². The van der Waals surface area contributed by atoms with Gasteiger partial charge in [0, 0.05) is 18.1 Å². The topological polar surface area (TPSA) is 48.3 Å². The molecule has 84 valence electrons. The molecule has 0 bridgehead atoms. The van der Waals surface area contributed by atoms with Crippen molar-refractivity contribution in [1.82, 2.24) is 4.57 Å². The van der Waals surface area contributed by atoms with E-state index in [4.69, 9.17) is 4.74 Å². The lowest BCUT2D eigenvalue weighted by molar-refractivity contribution is -0.155. The van der Waals surface area contributed by atoms with Crippen molar-refractivity contribution < 1.29 is 9.53 Å². The first-order valence-corrected chi connectivity index (χ1v) is 5.62. The molecule has 1 aromatic heterocycles. The normalized spacial score (nSPS) is 11.4. The minimum atomic E-state index is -0.462. The largest absolute Gasteiger partial charge is 0.460 e. The summed E-state index contributed by atoms with van der Waals surface area (Å²) in [6.45, 7) is 5.85. The summed E-state index contributed by atoms with van der Waals surface area (Å²) in [4.78, 5) is 22.4. The maximum Gasteiger partial charge on any atom is 0.308 e. The monoisotopic (exact) mass is 229 g/mol. The van der Waals surface area contributed by atoms with E-state index in [1.165, 1.54) is 4.57 Å². The molecule has 0 atom stereocenters. The predicted molar refractivity (Wildman–Crippen MR) is 59.0 cm³/mol. The zero-order chi connectivity index (χ0) is 11.5. The van der Waals surface area contributed by atoms with Gasteiger partial charge in [0.25, 0.3) is 0 Å². The lowest BCUT2D eigenvalue weighted by Crippen LogP contribution is -2.25. The minimum absolute atomic E-state index is 0.0430. The van der Waals surface area contributed by atoms with Gasteiger partial charge in [0.1, 0.15) is 5.60 Å². The molecule has 0 aliphatic carbocycles. The molecule has 0 spiro atoms. The summed E-state index contributed by atoms with van der Waals surface area (Å²) in [6, 6.07) is 0. The van der Waals surface area contributed by atoms with Crippen molar-refractivity contribution in [3.8, 4) is 0 Å². The first-order chi connectivity index (χ1) is 6.88. The van der Waals surface area contributed by atoms with Crippen molar-refractivity contribution in [3.05, 3.63) is 21.2 Å². The number of carbonyl (C=O) groups is 1. The number of hydrogen-bond donors (Lipinski definition) is 0. The molecule has 0 amide bonds. The quantitative estimate of drug-likeness (QED) is 0.740. The summed E-state index contributed by atoms with van der Waals surface area (Å²) in [5.41, 5.74) is -0.462. The Morgan fingerprint density at radius 1 is 1.53 bits per heavy atom. The van der Waals surface area contributed by atoms with Crippen LogP contribution in [0.2, 0.25) is 0 Å². The number of ether oxygens (including phenoxy) is 1. The summed E-state index contributed by atoms with van der Waals surface area (Å²) >= 11 is 1.12. The second kappa shape index (κ2) is 4.61. The number of carbonyl (C=O) groups excluding carboxylic acids is 1. The van der Waals surface area contributed by atoms with E-state index < -0.39 is 5.60 Å². The van der Waals surface area contributed by atoms with Crippen molar-refractivity contribution in [1.29, 1.82) is 0 Å². The molecule has 0 aliphatic rings. The van der Waals surface area contributed by atoms with Gasteiger partial charge in [-0.1, -0.05) is 11.3 Å². The van der Waals surface area contributed by atoms with Crippen LogP contribution in [-0.2, 0) is 16.1 Å². The highest BCUT2D eigenvalue weighted by Crippen LogP contribution is 2.08. The lowest BCUT2D eigenvalue weighted by atomic mass is 10.2. The van der Waals surface area contributed by atoms with Crippen molar-refractivity contribution in [2.45, 2.75) is 39.3 Å². The van der Waals surface area contributed by atoms with Gasteiger partial charge in [-0.15, -0.1) is 0 Å². The van der Waals surface area contributed by atoms with Gasteiger partial charge in [-0.2, -0.15) is 0 Å². The summed E-state index contributed by atoms with van der Waals surface area (Å²) in [6.07, 6.45) is 1.91. The molecule has 0 aliphatic heterocycles. The van der Waals surface area contributed by atoms with E-state index in [9.17, 15) is 9.59 Å². The van der Waals surface area contributed by atoms with E-state index in [1.54, 1.807) is 11.6 Å². The van der Waals surface area contributed by atoms with Gasteiger partial charge in [0.2, 0.25) is 0 Å². The number of rotatable bonds is 3. The highest BCUT2D eigenvalue weighted by Gasteiger charge is 2.15. The second-order valence-corrected chi connectivity index (χ2v) is 5.06. The Labute approximate surface area is 92.5 Å². The molecule has 0 saturated carbocycles. The predicted octanol–water partition coefficient (Wildman–Crippen LogP) is 1.64. The number of aryl methyl sites for hydroxylation is 1. The van der Waals surface area contributed by atoms with Gasteiger partial charge in [-0.3, -0.25) is 9.59 Å². The van der Waals surface area contributed by atoms with Gasteiger partial charge in [-0.05, 0) is 20.8 Å². The highest BCUT2D eigenvalue weighted by molar-refractivity contribution is 7.07. The van der Waals surface area contributed by atoms with Crippen LogP contribution in [0.5, 0.6) is 0 Å². The van der Waals surface area contributed by atoms with E-state index in [2.05, 4.69) is 0 Å². The molecule has 4 nitrogen and oxygen atoms in total. The molecule has 0 saturated heterocycles. The summed E-state index contributed by atoms with van der Waals surface area (Å²) in [5, 5.41) is 1.71. The van der Waals surface area contributed by atoms with E-state index in [1.807, 2.05) is 20.8 Å². The molecule has 0 N–H and O–H groups in total. The minimum Gasteiger partial charge on any atom is -0.460 e. The number of nitrogens with zero attached hydrogens (tertiary/aromatic N) is 1. The first kappa shape index (κ1) is 12.0. The highest BCUT2D eigenvalue weighted by atomic mass is 32.1. The maximum absolute atomic E-state index is 11.3. The van der Waals surface area contributed by atoms with Gasteiger partial charge in [0.15, 0.2) is 0 Å². The zero-order valence-electron chi connectivity index (χ0n) is 9.15. The van der Waals surface area contributed by atoms with Crippen LogP contribution in [-0.4, -0.2) is 16.1 Å². The molecule has 15 heavy (non-hydrogen) atoms. The summed E-state index contributed by atoms with van der Waals surface area (Å²) in [7, 11) is 0. The van der Waals surface area contributed by atoms with Crippen LogP contribution in [0.15, 0.2) is 16.4 Å². The Bertz CT molecular complexity index is 386. The first-order valence-electron chi connectivity index (χ1n) is 4.74. The number of thiazole rings is 1. The fourth-order valence-corrected chi connectivity index (χ4v) is 1.67. The molecular formula is C10H15NO3S. The molecule has 0 aromatic carbocycles. The third kappa shape index (κ3) is 4.29. The summed E-state index contributed by atoms with van der Waals surface area (Å²) in [5.74, 6) is -0.277. The van der Waals surface area contributed by atoms with E-state index in [-0.39, 0.29) is 17.3 Å². The van der Waals surface area contributed by atoms with Crippen molar-refractivity contribution >= 4 is 17.3 Å². The molecule has 5 heteroatoms. The number of esters is 1. The van der Waals surface area contributed by atoms with Crippen LogP contribution in [0.4, 0.5) is 0 Å². The van der Waals surface area contributed by atoms with Gasteiger partial charge < -0.3 is 9.30 Å². The van der Waals surface area contributed by atoms with Crippen molar-refractivity contribution in [3.63, 3.8) is 0 Å². The van der Waals surface area contributed by atoms with Gasteiger partial charge in [0.05, 0.1) is 6.42 Å². The SMILES string of the molecule is CC(C)(C)OC(=O)CCn1ccsc1=O. The molecular weight excluding hydrogens is 214 g/mol. The van der Waals surface area contributed by atoms with Crippen LogP contribution in [0.3, 0.4) is 0 Å². The van der Waals surface area contributed by atoms with Crippen LogP contribution in [0.25, 0.3) is 0 Å². The smallest absolute Gasteiger partial charge is 0.308 e. The third-order valence-corrected chi connectivity index (χ3v) is 2.31. The number of aromatic nitrogens is 1. The molecule has 0 fully saturated rings. The maximum atomic E-state index is 11.3. The average molecular weight is 229 g/mol. The number of hydrogen-bond acceptors (Lipinski definition) is 4. The average Bonchev–Trinajstić information content (AvgIpc) is 2.44. The second-order valence-electron chi connectivity index (χ2n) is 4.20. The Balaban J connectivity index is 2.42. The molecule has 1 aromatic rings. The van der Waals surface area contributed by atoms with Gasteiger partial charge >= 0.3 is 10.8 Å². The molecule has 0 unspecified atom stereocenters. The molecule has 0 radical (unpaired) electrons. The Morgan fingerprint density at radius 3 is 2.67 bits per heavy atom. The fourth-order valence-electron chi connectivity index (χ4n) is 1.06. The van der Waals surface area contributed by atoms with Crippen LogP contribution >= 0.6 is 11.3 Å². The fraction of sp³-hybridized carbons (Fsp3) is 0.600. The molecule has 1 rings (SSSR count). The van der Waals surface area contributed by atoms with Crippen molar-refractivity contribution in [2.24, 2.45) is 0 Å². The Morgan fingerprint density at radius 2 is 2.20 bits per heavy atom. The lowest BCUT2D eigenvalue weighted by Gasteiger charge is -2.19. The standard InChI is InChI=1S/C10H15NO3S/c1-10(2,3)14-8(12)4-5-11-6-7-15-9(11)13/h6-7H,4-5H2,1-3H3. The molecule has 1 heterocycles. The van der Waals surface area contributed by atoms with Crippen LogP contribution in [0.1, 0.15) is 27.2 Å². The van der Waals surface area contributed by atoms with Crippen LogP contribution < -0.4 is 4.87 Å². The Hall–Kier alpha value is -1.10. The summed E-state index contributed by atoms with van der Waals surface area (Å²) < 4.78 is 6.63. The Kier molecular flexibility index (Phi) is 3.68.